The summed E-state index contributed by atoms with van der Waals surface area (Å²) in [6.45, 7) is 4.27. The van der Waals surface area contributed by atoms with E-state index in [0.717, 1.165) is 5.56 Å². The number of methoxy groups -OCH3 is 1. The number of hydrazone groups is 1. The Bertz CT molecular complexity index is 1190. The monoisotopic (exact) mass is 437 g/mol. The molecule has 1 fully saturated rings. The molecule has 1 aliphatic rings. The van der Waals surface area contributed by atoms with Crippen LogP contribution in [0.4, 0.5) is 5.69 Å². The summed E-state index contributed by atoms with van der Waals surface area (Å²) in [7, 11) is 1.59. The number of benzene rings is 2. The normalized spacial score (nSPS) is 14.4. The summed E-state index contributed by atoms with van der Waals surface area (Å²) in [5.41, 5.74) is 2.54. The lowest BCUT2D eigenvalue weighted by atomic mass is 10.1. The van der Waals surface area contributed by atoms with Crippen LogP contribution in [0.3, 0.4) is 0 Å². The molecule has 3 aromatic rings. The van der Waals surface area contributed by atoms with E-state index in [1.807, 2.05) is 29.3 Å². The Morgan fingerprint density at radius 3 is 2.38 bits per heavy atom. The van der Waals surface area contributed by atoms with E-state index in [4.69, 9.17) is 9.47 Å². The smallest absolute Gasteiger partial charge is 0.281 e. The van der Waals surface area contributed by atoms with Crippen LogP contribution in [0.1, 0.15) is 12.5 Å². The summed E-state index contributed by atoms with van der Waals surface area (Å²) < 4.78 is 12.0. The minimum absolute atomic E-state index is 0.0472. The molecule has 1 aliphatic heterocycles. The van der Waals surface area contributed by atoms with Crippen LogP contribution < -0.4 is 10.3 Å². The first kappa shape index (κ1) is 21.3. The third-order valence-corrected chi connectivity index (χ3v) is 5.23. The van der Waals surface area contributed by atoms with Gasteiger partial charge in [0.05, 0.1) is 61.0 Å². The minimum atomic E-state index is -0.478. The first-order valence-electron chi connectivity index (χ1n) is 10.1. The Balaban J connectivity index is 1.82. The predicted octanol–water partition coefficient (Wildman–Crippen LogP) is 2.81. The Kier molecular flexibility index (Phi) is 6.04. The molecular formula is C22H23N5O5. The van der Waals surface area contributed by atoms with Gasteiger partial charge >= 0.3 is 0 Å². The maximum atomic E-state index is 13.4. The fourth-order valence-corrected chi connectivity index (χ4v) is 3.56. The number of rotatable bonds is 6. The van der Waals surface area contributed by atoms with Crippen molar-refractivity contribution in [3.8, 4) is 22.7 Å². The average molecular weight is 437 g/mol. The molecule has 0 atom stereocenters. The van der Waals surface area contributed by atoms with Gasteiger partial charge < -0.3 is 9.47 Å². The van der Waals surface area contributed by atoms with Crippen LogP contribution in [-0.2, 0) is 4.74 Å². The molecule has 0 unspecified atom stereocenters. The summed E-state index contributed by atoms with van der Waals surface area (Å²) in [6, 6.07) is 13.1. The topological polar surface area (TPSA) is 115 Å². The second kappa shape index (κ2) is 9.06. The molecule has 2 heterocycles. The summed E-state index contributed by atoms with van der Waals surface area (Å²) in [5.74, 6) is 0.700. The third-order valence-electron chi connectivity index (χ3n) is 5.23. The van der Waals surface area contributed by atoms with Crippen molar-refractivity contribution in [2.45, 2.75) is 6.92 Å². The van der Waals surface area contributed by atoms with Gasteiger partial charge in [0.1, 0.15) is 5.75 Å². The maximum absolute atomic E-state index is 13.4. The van der Waals surface area contributed by atoms with Gasteiger partial charge in [-0.1, -0.05) is 0 Å². The van der Waals surface area contributed by atoms with Crippen LogP contribution >= 0.6 is 0 Å². The van der Waals surface area contributed by atoms with E-state index < -0.39 is 4.92 Å². The summed E-state index contributed by atoms with van der Waals surface area (Å²) in [4.78, 5) is 23.9. The minimum Gasteiger partial charge on any atom is -0.497 e. The van der Waals surface area contributed by atoms with Crippen LogP contribution in [0.2, 0.25) is 0 Å². The van der Waals surface area contributed by atoms with Crippen molar-refractivity contribution < 1.29 is 14.4 Å². The van der Waals surface area contributed by atoms with E-state index in [0.29, 0.717) is 54.7 Å². The number of hydrogen-bond acceptors (Lipinski definition) is 7. The van der Waals surface area contributed by atoms with Crippen LogP contribution in [0.5, 0.6) is 5.75 Å². The van der Waals surface area contributed by atoms with Gasteiger partial charge in [0, 0.05) is 17.7 Å². The lowest BCUT2D eigenvalue weighted by Crippen LogP contribution is -2.33. The predicted molar refractivity (Wildman–Crippen MR) is 120 cm³/mol. The molecule has 32 heavy (non-hydrogen) atoms. The van der Waals surface area contributed by atoms with Crippen molar-refractivity contribution in [3.63, 3.8) is 0 Å². The van der Waals surface area contributed by atoms with Gasteiger partial charge in [-0.25, -0.2) is 4.68 Å². The summed E-state index contributed by atoms with van der Waals surface area (Å²) >= 11 is 0. The largest absolute Gasteiger partial charge is 0.497 e. The van der Waals surface area contributed by atoms with Crippen LogP contribution in [0.25, 0.3) is 16.9 Å². The Morgan fingerprint density at radius 1 is 1.12 bits per heavy atom. The lowest BCUT2D eigenvalue weighted by Gasteiger charge is -2.24. The van der Waals surface area contributed by atoms with Gasteiger partial charge in [0.25, 0.3) is 11.2 Å². The highest BCUT2D eigenvalue weighted by atomic mass is 16.6. The zero-order chi connectivity index (χ0) is 22.7. The number of nitrogens with one attached hydrogen (secondary N) is 1. The molecule has 2 aromatic carbocycles. The second-order valence-corrected chi connectivity index (χ2v) is 7.26. The van der Waals surface area contributed by atoms with Crippen molar-refractivity contribution in [1.82, 2.24) is 14.8 Å². The molecule has 1 aromatic heterocycles. The SMILES string of the molecule is COc1ccc(-c2[nH]n(-c3ccc([N+](=O)[O-])cc3)c(=O)c2/C(C)=N/N2CCOCC2)cc1. The number of H-pyrrole nitrogens is 1. The Labute approximate surface area is 183 Å². The lowest BCUT2D eigenvalue weighted by molar-refractivity contribution is -0.384. The van der Waals surface area contributed by atoms with E-state index in [1.54, 1.807) is 14.0 Å². The van der Waals surface area contributed by atoms with Gasteiger partial charge in [-0.05, 0) is 43.3 Å². The number of hydrogen-bond donors (Lipinski definition) is 1. The van der Waals surface area contributed by atoms with Gasteiger partial charge in [0.15, 0.2) is 0 Å². The quantitative estimate of drug-likeness (QED) is 0.360. The Morgan fingerprint density at radius 2 is 1.78 bits per heavy atom. The van der Waals surface area contributed by atoms with Crippen LogP contribution in [0, 0.1) is 10.1 Å². The fraction of sp³-hybridized carbons (Fsp3) is 0.273. The molecule has 166 valence electrons. The molecule has 10 nitrogen and oxygen atoms in total. The van der Waals surface area contributed by atoms with E-state index in [1.165, 1.54) is 28.9 Å². The fourth-order valence-electron chi connectivity index (χ4n) is 3.56. The molecule has 0 bridgehead atoms. The molecule has 10 heteroatoms. The number of nitro groups is 1. The Hall–Kier alpha value is -3.92. The zero-order valence-electron chi connectivity index (χ0n) is 17.8. The molecule has 1 N–H and O–H groups in total. The van der Waals surface area contributed by atoms with E-state index >= 15 is 0 Å². The van der Waals surface area contributed by atoms with Crippen molar-refractivity contribution in [2.24, 2.45) is 5.10 Å². The van der Waals surface area contributed by atoms with Crippen LogP contribution in [-0.4, -0.2) is 58.8 Å². The van der Waals surface area contributed by atoms with Gasteiger partial charge in [0.2, 0.25) is 0 Å². The van der Waals surface area contributed by atoms with Crippen molar-refractivity contribution in [3.05, 3.63) is 74.6 Å². The van der Waals surface area contributed by atoms with Gasteiger partial charge in [-0.3, -0.25) is 25.0 Å². The van der Waals surface area contributed by atoms with E-state index in [9.17, 15) is 14.9 Å². The highest BCUT2D eigenvalue weighted by Crippen LogP contribution is 2.25. The van der Waals surface area contributed by atoms with E-state index in [-0.39, 0.29) is 11.2 Å². The maximum Gasteiger partial charge on any atom is 0.281 e. The molecule has 4 rings (SSSR count). The zero-order valence-corrected chi connectivity index (χ0v) is 17.8. The highest BCUT2D eigenvalue weighted by molar-refractivity contribution is 6.03. The standard InChI is InChI=1S/C22H23N5O5/c1-15(23-25-11-13-32-14-12-25)20-21(16-3-9-19(31-2)10-4-16)24-26(22(20)28)17-5-7-18(8-6-17)27(29)30/h3-10,24H,11-14H2,1-2H3/b23-15+. The molecule has 0 radical (unpaired) electrons. The number of ether oxygens (including phenoxy) is 2. The molecule has 0 amide bonds. The average Bonchev–Trinajstić information content (AvgIpc) is 3.17. The number of morpholine rings is 1. The first-order valence-corrected chi connectivity index (χ1v) is 10.1. The molecule has 1 saturated heterocycles. The number of non-ortho nitro benzene ring substituents is 1. The summed E-state index contributed by atoms with van der Waals surface area (Å²) in [5, 5.41) is 20.7. The first-order chi connectivity index (χ1) is 15.5. The number of aromatic nitrogens is 2. The van der Waals surface area contributed by atoms with Crippen LogP contribution in [0.15, 0.2) is 58.4 Å². The molecule has 0 aliphatic carbocycles. The van der Waals surface area contributed by atoms with Crippen molar-refractivity contribution in [1.29, 1.82) is 0 Å². The van der Waals surface area contributed by atoms with Crippen molar-refractivity contribution in [2.75, 3.05) is 33.4 Å². The van der Waals surface area contributed by atoms with Crippen molar-refractivity contribution >= 4 is 11.4 Å². The number of nitro benzene ring substituents is 1. The molecule has 0 saturated carbocycles. The number of aromatic amines is 1. The van der Waals surface area contributed by atoms with E-state index in [2.05, 4.69) is 10.2 Å². The highest BCUT2D eigenvalue weighted by Gasteiger charge is 2.21. The molecule has 0 spiro atoms. The molecular weight excluding hydrogens is 414 g/mol. The van der Waals surface area contributed by atoms with Gasteiger partial charge in [-0.15, -0.1) is 0 Å². The summed E-state index contributed by atoms with van der Waals surface area (Å²) in [6.07, 6.45) is 0. The number of nitrogens with zero attached hydrogens (tertiary/aromatic N) is 4. The third kappa shape index (κ3) is 4.26. The van der Waals surface area contributed by atoms with Gasteiger partial charge in [-0.2, -0.15) is 5.10 Å². The second-order valence-electron chi connectivity index (χ2n) is 7.26.